The van der Waals surface area contributed by atoms with E-state index >= 15 is 0 Å². The van der Waals surface area contributed by atoms with Gasteiger partial charge in [-0.3, -0.25) is 9.68 Å². The van der Waals surface area contributed by atoms with E-state index < -0.39 is 0 Å². The lowest BCUT2D eigenvalue weighted by molar-refractivity contribution is -0.272. The van der Waals surface area contributed by atoms with Gasteiger partial charge in [-0.05, 0) is 174 Å². The molecule has 0 radical (unpaired) electrons. The lowest BCUT2D eigenvalue weighted by Gasteiger charge is -2.48. The maximum Gasteiger partial charge on any atom is 0.102 e. The second-order valence-electron chi connectivity index (χ2n) is 26.4. The summed E-state index contributed by atoms with van der Waals surface area (Å²) in [6, 6.07) is 50.7. The molecule has 1 aliphatic heterocycles. The highest BCUT2D eigenvalue weighted by atomic mass is 35.5. The minimum absolute atomic E-state index is 0.00962. The summed E-state index contributed by atoms with van der Waals surface area (Å²) in [4.78, 5) is 13.1. The van der Waals surface area contributed by atoms with Crippen LogP contribution in [0.5, 0.6) is 0 Å². The van der Waals surface area contributed by atoms with Gasteiger partial charge in [0.1, 0.15) is 12.2 Å². The fourth-order valence-electron chi connectivity index (χ4n) is 10.1. The topological polar surface area (TPSA) is 71.9 Å². The molecule has 6 rings (SSSR count). The first-order chi connectivity index (χ1) is 35.7. The minimum Gasteiger partial charge on any atom is -0.313 e. The summed E-state index contributed by atoms with van der Waals surface area (Å²) >= 11 is 5.91. The molecule has 0 aliphatic carbocycles. The Balaban J connectivity index is 0.000000282. The SMILES string of the molecule is CC(C)C(c1ccccc1)N(O)C(C)(C)C.CC(ON(C(c1ccccc1)C(C)C)C(C)(C)C)c1ccc(CCl)cc1.CC(ON(C(c1ccccc1)C(C)C)C(C)(C)C)c1ccccc1.CC1(C)CCCC(C)(C)N1O. The molecule has 2 N–H and O–H groups in total. The van der Waals surface area contributed by atoms with Crippen LogP contribution in [0, 0.1) is 17.8 Å². The van der Waals surface area contributed by atoms with E-state index in [9.17, 15) is 10.4 Å². The van der Waals surface area contributed by atoms with Crippen molar-refractivity contribution in [3.8, 4) is 0 Å². The highest BCUT2D eigenvalue weighted by molar-refractivity contribution is 6.17. The normalized spacial score (nSPS) is 16.9. The zero-order valence-electron chi connectivity index (χ0n) is 51.7. The molecule has 0 amide bonds. The van der Waals surface area contributed by atoms with Crippen LogP contribution in [0.1, 0.15) is 228 Å². The Labute approximate surface area is 475 Å². The van der Waals surface area contributed by atoms with E-state index in [-0.39, 0.29) is 58.0 Å². The Bertz CT molecular complexity index is 2340. The fraction of sp³-hybridized carbons (Fsp3) is 0.559. The molecular formula is C68H105ClN4O4. The Morgan fingerprint density at radius 3 is 1.00 bits per heavy atom. The van der Waals surface area contributed by atoms with E-state index in [0.29, 0.717) is 23.6 Å². The van der Waals surface area contributed by atoms with Crippen LogP contribution in [-0.4, -0.2) is 58.4 Å². The highest BCUT2D eigenvalue weighted by Crippen LogP contribution is 2.40. The molecule has 428 valence electrons. The van der Waals surface area contributed by atoms with Crippen molar-refractivity contribution in [3.05, 3.63) is 179 Å². The molecule has 1 aliphatic rings. The molecule has 1 heterocycles. The van der Waals surface area contributed by atoms with Crippen molar-refractivity contribution in [2.45, 2.75) is 229 Å². The van der Waals surface area contributed by atoms with Crippen molar-refractivity contribution in [2.24, 2.45) is 17.8 Å². The van der Waals surface area contributed by atoms with E-state index in [0.717, 1.165) is 29.5 Å². The first kappa shape index (κ1) is 67.3. The summed E-state index contributed by atoms with van der Waals surface area (Å²) < 4.78 is 0. The van der Waals surface area contributed by atoms with Crippen LogP contribution >= 0.6 is 11.6 Å². The van der Waals surface area contributed by atoms with Gasteiger partial charge >= 0.3 is 0 Å². The highest BCUT2D eigenvalue weighted by Gasteiger charge is 2.41. The van der Waals surface area contributed by atoms with Gasteiger partial charge in [0, 0.05) is 33.6 Å². The van der Waals surface area contributed by atoms with E-state index in [4.69, 9.17) is 21.3 Å². The van der Waals surface area contributed by atoms with Gasteiger partial charge in [0.15, 0.2) is 0 Å². The second kappa shape index (κ2) is 30.0. The molecule has 1 fully saturated rings. The third-order valence-corrected chi connectivity index (χ3v) is 14.5. The predicted molar refractivity (Wildman–Crippen MR) is 326 cm³/mol. The molecule has 0 saturated carbocycles. The number of benzene rings is 5. The summed E-state index contributed by atoms with van der Waals surface area (Å²) in [7, 11) is 0. The molecular weight excluding hydrogens is 972 g/mol. The van der Waals surface area contributed by atoms with Gasteiger partial charge in [-0.25, -0.2) is 0 Å². The fourth-order valence-corrected chi connectivity index (χ4v) is 10.3. The molecule has 8 nitrogen and oxygen atoms in total. The summed E-state index contributed by atoms with van der Waals surface area (Å²) in [5, 5.41) is 27.4. The Kier molecular flexibility index (Phi) is 26.3. The van der Waals surface area contributed by atoms with Crippen molar-refractivity contribution in [1.29, 1.82) is 0 Å². The largest absolute Gasteiger partial charge is 0.313 e. The van der Waals surface area contributed by atoms with Crippen molar-refractivity contribution in [3.63, 3.8) is 0 Å². The number of halogens is 1. The number of piperidine rings is 1. The van der Waals surface area contributed by atoms with Crippen LogP contribution in [0.4, 0.5) is 0 Å². The van der Waals surface area contributed by atoms with Gasteiger partial charge < -0.3 is 10.4 Å². The first-order valence-electron chi connectivity index (χ1n) is 28.5. The van der Waals surface area contributed by atoms with Crippen LogP contribution in [-0.2, 0) is 15.6 Å². The quantitative estimate of drug-likeness (QED) is 0.0748. The van der Waals surface area contributed by atoms with Gasteiger partial charge in [0.2, 0.25) is 0 Å². The van der Waals surface area contributed by atoms with Crippen LogP contribution in [0.2, 0.25) is 0 Å². The van der Waals surface area contributed by atoms with Gasteiger partial charge in [-0.15, -0.1) is 11.6 Å². The molecule has 0 aromatic heterocycles. The summed E-state index contributed by atoms with van der Waals surface area (Å²) in [5.41, 5.74) is 6.65. The van der Waals surface area contributed by atoms with E-state index in [1.807, 2.05) is 45.0 Å². The summed E-state index contributed by atoms with van der Waals surface area (Å²) in [6.45, 7) is 45.2. The van der Waals surface area contributed by atoms with Crippen molar-refractivity contribution in [1.82, 2.24) is 20.3 Å². The van der Waals surface area contributed by atoms with Crippen LogP contribution in [0.25, 0.3) is 0 Å². The van der Waals surface area contributed by atoms with Gasteiger partial charge in [-0.1, -0.05) is 187 Å². The number of hydrogen-bond donors (Lipinski definition) is 2. The predicted octanol–water partition coefficient (Wildman–Crippen LogP) is 19.4. The summed E-state index contributed by atoms with van der Waals surface area (Å²) in [6.07, 6.45) is 3.37. The molecule has 0 spiro atoms. The molecule has 5 aromatic carbocycles. The molecule has 1 saturated heterocycles. The third kappa shape index (κ3) is 20.9. The minimum atomic E-state index is -0.245. The molecule has 5 aromatic rings. The number of alkyl halides is 1. The molecule has 0 bridgehead atoms. The Morgan fingerprint density at radius 1 is 0.455 bits per heavy atom. The van der Waals surface area contributed by atoms with E-state index in [1.54, 1.807) is 0 Å². The monoisotopic (exact) mass is 1080 g/mol. The molecule has 9 heteroatoms. The zero-order valence-corrected chi connectivity index (χ0v) is 52.4. The Morgan fingerprint density at radius 2 is 0.740 bits per heavy atom. The molecule has 5 unspecified atom stereocenters. The van der Waals surface area contributed by atoms with Gasteiger partial charge in [0.25, 0.3) is 0 Å². The van der Waals surface area contributed by atoms with E-state index in [1.165, 1.54) is 33.2 Å². The van der Waals surface area contributed by atoms with Gasteiger partial charge in [-0.2, -0.15) is 20.3 Å². The second-order valence-corrected chi connectivity index (χ2v) is 26.6. The van der Waals surface area contributed by atoms with Crippen molar-refractivity contribution >= 4 is 11.6 Å². The maximum atomic E-state index is 10.3. The number of rotatable bonds is 16. The first-order valence-corrected chi connectivity index (χ1v) is 29.0. The number of nitrogens with zero attached hydrogens (tertiary/aromatic N) is 4. The lowest BCUT2D eigenvalue weighted by atomic mass is 9.82. The van der Waals surface area contributed by atoms with Crippen LogP contribution < -0.4 is 0 Å². The average molecular weight is 1080 g/mol. The van der Waals surface area contributed by atoms with Crippen molar-refractivity contribution in [2.75, 3.05) is 0 Å². The van der Waals surface area contributed by atoms with E-state index in [2.05, 4.69) is 256 Å². The maximum absolute atomic E-state index is 10.3. The Hall–Kier alpha value is -3.93. The number of hydroxylamine groups is 8. The summed E-state index contributed by atoms with van der Waals surface area (Å²) in [5.74, 6) is 1.76. The van der Waals surface area contributed by atoms with Gasteiger partial charge in [0.05, 0.1) is 18.1 Å². The van der Waals surface area contributed by atoms with Crippen LogP contribution in [0.3, 0.4) is 0 Å². The molecule has 5 atom stereocenters. The smallest absolute Gasteiger partial charge is 0.102 e. The van der Waals surface area contributed by atoms with Crippen molar-refractivity contribution < 1.29 is 20.1 Å². The average Bonchev–Trinajstić information content (AvgIpc) is 3.36. The molecule has 77 heavy (non-hydrogen) atoms. The number of hydrogen-bond acceptors (Lipinski definition) is 8. The zero-order chi connectivity index (χ0) is 58.1. The third-order valence-electron chi connectivity index (χ3n) is 14.2. The lowest BCUT2D eigenvalue weighted by Crippen LogP contribution is -2.56. The van der Waals surface area contributed by atoms with Crippen LogP contribution in [0.15, 0.2) is 146 Å². The standard InChI is InChI=1S/C23H32ClNO.C22H31NO.C14H23NO.C9H19NO/c1-17(2)22(21-10-8-7-9-11-21)25(23(4,5)6)26-18(3)20-14-12-19(16-24)13-15-20;1-17(2)21(20-15-11-8-12-16-20)23(22(4,5)6)24-18(3)19-13-9-7-10-14-19;1-11(2)13(15(16)14(3,4)5)12-9-7-6-8-10-12;1-8(2)6-5-7-9(3,4)10(8)11/h7-15,17-18,22H,16H2,1-6H3;7-18,21H,1-6H3;6-11,13,16H,1-5H3;11H,5-7H2,1-4H3.